The van der Waals surface area contributed by atoms with Crippen molar-refractivity contribution in [2.75, 3.05) is 0 Å². The Bertz CT molecular complexity index is 1290. The fourth-order valence-corrected chi connectivity index (χ4v) is 13.7. The number of esters is 1. The van der Waals surface area contributed by atoms with E-state index in [1.54, 1.807) is 12.1 Å². The van der Waals surface area contributed by atoms with Crippen LogP contribution in [0.4, 0.5) is 0 Å². The van der Waals surface area contributed by atoms with Gasteiger partial charge in [-0.25, -0.2) is 8.42 Å². The zero-order chi connectivity index (χ0) is 30.2. The van der Waals surface area contributed by atoms with Crippen LogP contribution in [0.2, 0.25) is 0 Å². The number of hydrogen-bond acceptors (Lipinski definition) is 4. The standard InChI is InChI=1S/C36H55NO4S/c1-23(2)9-8-10-25(4)30-15-16-31-29-21-33-36(37(33)42(39,40)28-13-11-24(3)12-14-28)22-27(41-26(5)38)17-20-35(36,7)32(29)18-19-34(30,31)6/h11-14,23,25,27,29-33H,8-10,15-22H2,1-7H3/t25-,27+,29+,30-,31+,32+,33-,34-,35-,36-,37?/m1/s1. The maximum absolute atomic E-state index is 14.4. The maximum Gasteiger partial charge on any atom is 0.302 e. The second kappa shape index (κ2) is 10.6. The quantitative estimate of drug-likeness (QED) is 0.224. The third kappa shape index (κ3) is 4.54. The van der Waals surface area contributed by atoms with Crippen LogP contribution in [0.3, 0.4) is 0 Å². The number of carbonyl (C=O) groups is 1. The van der Waals surface area contributed by atoms with Crippen molar-refractivity contribution in [1.82, 2.24) is 4.31 Å². The van der Waals surface area contributed by atoms with Gasteiger partial charge in [-0.05, 0) is 110 Å². The van der Waals surface area contributed by atoms with Gasteiger partial charge in [-0.15, -0.1) is 0 Å². The van der Waals surface area contributed by atoms with Gasteiger partial charge < -0.3 is 4.74 Å². The predicted octanol–water partition coefficient (Wildman–Crippen LogP) is 8.15. The van der Waals surface area contributed by atoms with E-state index >= 15 is 0 Å². The number of carbonyl (C=O) groups excluding carboxylic acids is 1. The van der Waals surface area contributed by atoms with Crippen molar-refractivity contribution in [1.29, 1.82) is 0 Å². The van der Waals surface area contributed by atoms with Gasteiger partial charge in [-0.3, -0.25) is 4.79 Å². The molecule has 1 saturated heterocycles. The molecule has 4 saturated carbocycles. The van der Waals surface area contributed by atoms with Gasteiger partial charge in [0.2, 0.25) is 10.0 Å². The minimum atomic E-state index is -3.66. The van der Waals surface area contributed by atoms with Gasteiger partial charge in [0.1, 0.15) is 6.10 Å². The van der Waals surface area contributed by atoms with Crippen molar-refractivity contribution in [3.8, 4) is 0 Å². The molecular weight excluding hydrogens is 542 g/mol. The fourth-order valence-electron chi connectivity index (χ4n) is 11.6. The molecular formula is C36H55NO4S. The van der Waals surface area contributed by atoms with E-state index in [0.29, 0.717) is 34.5 Å². The number of ether oxygens (including phenoxy) is 1. The summed E-state index contributed by atoms with van der Waals surface area (Å²) >= 11 is 0. The van der Waals surface area contributed by atoms with Crippen molar-refractivity contribution >= 4 is 16.0 Å². The smallest absolute Gasteiger partial charge is 0.302 e. The first-order chi connectivity index (χ1) is 19.8. The Morgan fingerprint density at radius 3 is 2.38 bits per heavy atom. The molecule has 6 rings (SSSR count). The minimum Gasteiger partial charge on any atom is -0.462 e. The summed E-state index contributed by atoms with van der Waals surface area (Å²) in [5.41, 5.74) is 0.871. The van der Waals surface area contributed by atoms with Crippen LogP contribution in [0.15, 0.2) is 29.2 Å². The molecule has 0 amide bonds. The summed E-state index contributed by atoms with van der Waals surface area (Å²) < 4.78 is 36.5. The third-order valence-corrected chi connectivity index (χ3v) is 15.5. The van der Waals surface area contributed by atoms with Crippen molar-refractivity contribution in [3.05, 3.63) is 29.8 Å². The molecule has 5 fully saturated rings. The summed E-state index contributed by atoms with van der Waals surface area (Å²) in [5.74, 6) is 3.83. The Hall–Kier alpha value is -1.40. The Labute approximate surface area is 255 Å². The SMILES string of the molecule is CC(=O)O[C@H]1CC[C@]2(C)[C@H]3CC[C@]4(C)[C@@H]([C@H](C)CCCC(C)C)CC[C@H]4[C@@H]3C[C@H]3N(S(=O)(=O)c4ccc(C)cc4)[C@]32C1. The van der Waals surface area contributed by atoms with Crippen LogP contribution in [0.25, 0.3) is 0 Å². The lowest BCUT2D eigenvalue weighted by molar-refractivity contribution is -0.155. The predicted molar refractivity (Wildman–Crippen MR) is 167 cm³/mol. The Kier molecular flexibility index (Phi) is 7.73. The molecule has 0 aromatic heterocycles. The van der Waals surface area contributed by atoms with E-state index in [9.17, 15) is 13.2 Å². The average molecular weight is 598 g/mol. The highest BCUT2D eigenvalue weighted by atomic mass is 32.2. The molecule has 0 bridgehead atoms. The van der Waals surface area contributed by atoms with Gasteiger partial charge in [0.15, 0.2) is 0 Å². The highest BCUT2D eigenvalue weighted by Crippen LogP contribution is 2.76. The summed E-state index contributed by atoms with van der Waals surface area (Å²) in [6, 6.07) is 7.37. The van der Waals surface area contributed by atoms with E-state index < -0.39 is 15.6 Å². The molecule has 1 unspecified atom stereocenters. The normalized spacial score (nSPS) is 43.1. The third-order valence-electron chi connectivity index (χ3n) is 13.5. The van der Waals surface area contributed by atoms with E-state index in [2.05, 4.69) is 34.6 Å². The Balaban J connectivity index is 1.32. The first-order valence-electron chi connectivity index (χ1n) is 17.0. The minimum absolute atomic E-state index is 0.00160. The van der Waals surface area contributed by atoms with E-state index in [4.69, 9.17) is 4.74 Å². The molecule has 0 radical (unpaired) electrons. The number of rotatable bonds is 8. The summed E-state index contributed by atoms with van der Waals surface area (Å²) in [6.07, 6.45) is 12.3. The van der Waals surface area contributed by atoms with Crippen molar-refractivity contribution in [2.45, 2.75) is 142 Å². The summed E-state index contributed by atoms with van der Waals surface area (Å²) in [4.78, 5) is 12.4. The monoisotopic (exact) mass is 597 g/mol. The fraction of sp³-hybridized carbons (Fsp3) is 0.806. The lowest BCUT2D eigenvalue weighted by atomic mass is 9.44. The lowest BCUT2D eigenvalue weighted by Crippen LogP contribution is -2.59. The average Bonchev–Trinajstić information content (AvgIpc) is 3.42. The lowest BCUT2D eigenvalue weighted by Gasteiger charge is -2.60. The van der Waals surface area contributed by atoms with Gasteiger partial charge >= 0.3 is 5.97 Å². The van der Waals surface area contributed by atoms with Gasteiger partial charge in [0.25, 0.3) is 0 Å². The first kappa shape index (κ1) is 30.6. The topological polar surface area (TPSA) is 63.5 Å². The molecule has 1 aromatic rings. The maximum atomic E-state index is 14.4. The highest BCUT2D eigenvalue weighted by Gasteiger charge is 2.81. The molecule has 0 N–H and O–H groups in total. The number of fused-ring (bicyclic) bond motifs is 4. The number of aryl methyl sites for hydroxylation is 1. The van der Waals surface area contributed by atoms with E-state index in [0.717, 1.165) is 42.6 Å². The van der Waals surface area contributed by atoms with E-state index in [-0.39, 0.29) is 23.5 Å². The van der Waals surface area contributed by atoms with Gasteiger partial charge in [-0.1, -0.05) is 71.6 Å². The molecule has 1 heterocycles. The molecule has 234 valence electrons. The first-order valence-corrected chi connectivity index (χ1v) is 18.5. The van der Waals surface area contributed by atoms with Gasteiger partial charge in [0.05, 0.1) is 10.4 Å². The van der Waals surface area contributed by atoms with Crippen molar-refractivity contribution in [2.24, 2.45) is 46.3 Å². The molecule has 1 aliphatic heterocycles. The van der Waals surface area contributed by atoms with Crippen LogP contribution in [0.5, 0.6) is 0 Å². The summed E-state index contributed by atoms with van der Waals surface area (Å²) in [6.45, 7) is 15.7. The molecule has 5 aliphatic rings. The molecule has 6 heteroatoms. The van der Waals surface area contributed by atoms with Crippen molar-refractivity contribution in [3.63, 3.8) is 0 Å². The second-order valence-electron chi connectivity index (χ2n) is 16.1. The summed E-state index contributed by atoms with van der Waals surface area (Å²) in [5, 5.41) is 0. The van der Waals surface area contributed by atoms with E-state index in [1.807, 2.05) is 23.4 Å². The van der Waals surface area contributed by atoms with Crippen LogP contribution in [0, 0.1) is 53.3 Å². The zero-order valence-electron chi connectivity index (χ0n) is 27.2. The highest BCUT2D eigenvalue weighted by molar-refractivity contribution is 7.89. The second-order valence-corrected chi connectivity index (χ2v) is 17.9. The number of benzene rings is 1. The Morgan fingerprint density at radius 1 is 1.00 bits per heavy atom. The number of nitrogens with zero attached hydrogens (tertiary/aromatic N) is 1. The Morgan fingerprint density at radius 2 is 1.71 bits per heavy atom. The molecule has 1 spiro atoms. The van der Waals surface area contributed by atoms with Crippen LogP contribution < -0.4 is 0 Å². The molecule has 42 heavy (non-hydrogen) atoms. The number of sulfonamides is 1. The van der Waals surface area contributed by atoms with Crippen molar-refractivity contribution < 1.29 is 17.9 Å². The molecule has 5 nitrogen and oxygen atoms in total. The van der Waals surface area contributed by atoms with Crippen LogP contribution in [-0.2, 0) is 19.6 Å². The van der Waals surface area contributed by atoms with Gasteiger partial charge in [0, 0.05) is 19.4 Å². The van der Waals surface area contributed by atoms with Crippen LogP contribution in [-0.4, -0.2) is 36.4 Å². The molecule has 4 aliphatic carbocycles. The largest absolute Gasteiger partial charge is 0.462 e. The molecule has 1 aromatic carbocycles. The number of hydrogen-bond donors (Lipinski definition) is 0. The molecule has 11 atom stereocenters. The summed E-state index contributed by atoms with van der Waals surface area (Å²) in [7, 11) is -3.66. The van der Waals surface area contributed by atoms with Crippen LogP contribution in [0.1, 0.15) is 118 Å². The van der Waals surface area contributed by atoms with Crippen LogP contribution >= 0.6 is 0 Å². The zero-order valence-corrected chi connectivity index (χ0v) is 28.0. The van der Waals surface area contributed by atoms with E-state index in [1.165, 1.54) is 51.9 Å². The van der Waals surface area contributed by atoms with Gasteiger partial charge in [-0.2, -0.15) is 4.31 Å².